The van der Waals surface area contributed by atoms with Crippen molar-refractivity contribution in [1.29, 1.82) is 0 Å². The van der Waals surface area contributed by atoms with Crippen molar-refractivity contribution in [3.63, 3.8) is 0 Å². The first kappa shape index (κ1) is 24.0. The molecule has 152 valence electrons. The van der Waals surface area contributed by atoms with Crippen molar-refractivity contribution in [3.8, 4) is 0 Å². The molecule has 1 aromatic rings. The standard InChI is InChI=1S/C24H40O2P/c1-8-9-10-11-12-13-14-27(26)24(25)23-21(18(4)5)15-20(17(2)3)16-22(23)19(6)7/h15-19H,8-14H2,1-7H3/q+1. The fraction of sp³-hybridized carbons (Fsp3) is 0.708. The van der Waals surface area contributed by atoms with Gasteiger partial charge < -0.3 is 0 Å². The normalized spacial score (nSPS) is 12.3. The number of hydrogen-bond donors (Lipinski definition) is 0. The minimum Gasteiger partial charge on any atom is -0.234 e. The van der Waals surface area contributed by atoms with Crippen LogP contribution >= 0.6 is 7.80 Å². The van der Waals surface area contributed by atoms with Gasteiger partial charge in [-0.25, -0.2) is 4.79 Å². The number of hydrogen-bond acceptors (Lipinski definition) is 2. The summed E-state index contributed by atoms with van der Waals surface area (Å²) in [5.41, 5.74) is 4.03. The summed E-state index contributed by atoms with van der Waals surface area (Å²) >= 11 is 0. The number of carbonyl (C=O) groups excluding carboxylic acids is 1. The fourth-order valence-electron chi connectivity index (χ4n) is 3.46. The van der Waals surface area contributed by atoms with E-state index in [2.05, 4.69) is 60.6 Å². The van der Waals surface area contributed by atoms with E-state index in [0.717, 1.165) is 29.5 Å². The van der Waals surface area contributed by atoms with E-state index in [1.807, 2.05) is 0 Å². The van der Waals surface area contributed by atoms with Gasteiger partial charge in [0.2, 0.25) is 0 Å². The molecule has 0 saturated heterocycles. The molecular weight excluding hydrogens is 351 g/mol. The van der Waals surface area contributed by atoms with E-state index in [1.165, 1.54) is 31.2 Å². The van der Waals surface area contributed by atoms with Crippen LogP contribution in [0.5, 0.6) is 0 Å². The first-order valence-electron chi connectivity index (χ1n) is 10.9. The third-order valence-corrected chi connectivity index (χ3v) is 6.69. The van der Waals surface area contributed by atoms with Crippen molar-refractivity contribution >= 4 is 13.3 Å². The Balaban J connectivity index is 3.04. The minimum atomic E-state index is -1.84. The highest BCUT2D eigenvalue weighted by Gasteiger charge is 2.34. The zero-order valence-corrected chi connectivity index (χ0v) is 19.5. The molecule has 0 spiro atoms. The molecule has 1 aromatic carbocycles. The zero-order chi connectivity index (χ0) is 20.6. The van der Waals surface area contributed by atoms with Gasteiger partial charge in [0.25, 0.3) is 0 Å². The van der Waals surface area contributed by atoms with E-state index in [-0.39, 0.29) is 17.4 Å². The van der Waals surface area contributed by atoms with Gasteiger partial charge in [0, 0.05) is 0 Å². The second-order valence-corrected chi connectivity index (χ2v) is 10.3. The summed E-state index contributed by atoms with van der Waals surface area (Å²) in [6, 6.07) is 4.34. The van der Waals surface area contributed by atoms with Crippen LogP contribution in [0, 0.1) is 0 Å². The fourth-order valence-corrected chi connectivity index (χ4v) is 4.69. The molecule has 3 heteroatoms. The second kappa shape index (κ2) is 11.7. The first-order chi connectivity index (χ1) is 12.7. The van der Waals surface area contributed by atoms with E-state index in [0.29, 0.717) is 12.1 Å². The van der Waals surface area contributed by atoms with Crippen LogP contribution in [0.3, 0.4) is 0 Å². The molecule has 0 N–H and O–H groups in total. The third kappa shape index (κ3) is 7.15. The van der Waals surface area contributed by atoms with Gasteiger partial charge in [0.15, 0.2) is 6.16 Å². The van der Waals surface area contributed by atoms with Gasteiger partial charge in [-0.2, -0.15) is 0 Å². The van der Waals surface area contributed by atoms with Crippen molar-refractivity contribution in [2.24, 2.45) is 0 Å². The minimum absolute atomic E-state index is 0.124. The van der Waals surface area contributed by atoms with Crippen LogP contribution in [0.4, 0.5) is 0 Å². The lowest BCUT2D eigenvalue weighted by Gasteiger charge is -2.19. The predicted molar refractivity (Wildman–Crippen MR) is 119 cm³/mol. The molecule has 0 aliphatic rings. The van der Waals surface area contributed by atoms with Crippen molar-refractivity contribution < 1.29 is 9.36 Å². The molecule has 0 bridgehead atoms. The molecule has 0 amide bonds. The van der Waals surface area contributed by atoms with Crippen molar-refractivity contribution in [1.82, 2.24) is 0 Å². The lowest BCUT2D eigenvalue weighted by molar-refractivity contribution is 0.107. The monoisotopic (exact) mass is 391 g/mol. The Hall–Kier alpha value is -1.01. The molecule has 0 saturated carbocycles. The molecule has 2 nitrogen and oxygen atoms in total. The summed E-state index contributed by atoms with van der Waals surface area (Å²) < 4.78 is 12.8. The molecule has 0 heterocycles. The summed E-state index contributed by atoms with van der Waals surface area (Å²) in [7, 11) is -1.84. The van der Waals surface area contributed by atoms with Gasteiger partial charge in [-0.15, -0.1) is 0 Å². The van der Waals surface area contributed by atoms with Crippen LogP contribution in [0.2, 0.25) is 0 Å². The Morgan fingerprint density at radius 3 is 1.74 bits per heavy atom. The molecule has 0 aromatic heterocycles. The maximum Gasteiger partial charge on any atom is 0.420 e. The summed E-state index contributed by atoms with van der Waals surface area (Å²) in [5, 5.41) is 0. The van der Waals surface area contributed by atoms with Crippen molar-refractivity contribution in [3.05, 3.63) is 34.4 Å². The molecule has 1 atom stereocenters. The van der Waals surface area contributed by atoms with Gasteiger partial charge in [-0.1, -0.05) is 90.8 Å². The maximum atomic E-state index is 13.2. The van der Waals surface area contributed by atoms with Crippen LogP contribution in [0.1, 0.15) is 132 Å². The van der Waals surface area contributed by atoms with Crippen LogP contribution < -0.4 is 0 Å². The third-order valence-electron chi connectivity index (χ3n) is 5.29. The number of rotatable bonds is 12. The summed E-state index contributed by atoms with van der Waals surface area (Å²) in [5.74, 6) is 0.913. The maximum absolute atomic E-state index is 13.2. The lowest BCUT2D eigenvalue weighted by Crippen LogP contribution is -2.10. The summed E-state index contributed by atoms with van der Waals surface area (Å²) in [4.78, 5) is 13.2. The van der Waals surface area contributed by atoms with E-state index >= 15 is 0 Å². The molecule has 1 rings (SSSR count). The number of benzene rings is 1. The van der Waals surface area contributed by atoms with Gasteiger partial charge in [-0.05, 0) is 47.3 Å². The summed E-state index contributed by atoms with van der Waals surface area (Å²) in [6.45, 7) is 15.1. The summed E-state index contributed by atoms with van der Waals surface area (Å²) in [6.07, 6.45) is 7.42. The van der Waals surface area contributed by atoms with Crippen LogP contribution in [-0.4, -0.2) is 11.7 Å². The Morgan fingerprint density at radius 1 is 0.815 bits per heavy atom. The molecule has 0 aliphatic carbocycles. The largest absolute Gasteiger partial charge is 0.420 e. The van der Waals surface area contributed by atoms with Gasteiger partial charge >= 0.3 is 13.3 Å². The Bertz CT molecular complexity index is 600. The van der Waals surface area contributed by atoms with Crippen LogP contribution in [0.15, 0.2) is 12.1 Å². The van der Waals surface area contributed by atoms with E-state index in [9.17, 15) is 9.36 Å². The molecule has 1 unspecified atom stereocenters. The highest BCUT2D eigenvalue weighted by molar-refractivity contribution is 7.64. The topological polar surface area (TPSA) is 34.1 Å². The predicted octanol–water partition coefficient (Wildman–Crippen LogP) is 8.38. The zero-order valence-electron chi connectivity index (χ0n) is 18.6. The Labute approximate surface area is 168 Å². The van der Waals surface area contributed by atoms with Crippen LogP contribution in [-0.2, 0) is 4.57 Å². The first-order valence-corrected chi connectivity index (χ1v) is 12.3. The molecule has 0 radical (unpaired) electrons. The van der Waals surface area contributed by atoms with E-state index in [4.69, 9.17) is 0 Å². The van der Waals surface area contributed by atoms with Gasteiger partial charge in [0.05, 0.1) is 5.56 Å². The molecule has 0 fully saturated rings. The average molecular weight is 392 g/mol. The smallest absolute Gasteiger partial charge is 0.234 e. The SMILES string of the molecule is CCCCCCCC[P+](=O)C(=O)c1c(C(C)C)cc(C(C)C)cc1C(C)C. The average Bonchev–Trinajstić information content (AvgIpc) is 2.62. The van der Waals surface area contributed by atoms with Crippen LogP contribution in [0.25, 0.3) is 0 Å². The van der Waals surface area contributed by atoms with E-state index < -0.39 is 7.80 Å². The Kier molecular flexibility index (Phi) is 10.5. The molecule has 27 heavy (non-hydrogen) atoms. The van der Waals surface area contributed by atoms with Crippen molar-refractivity contribution in [2.75, 3.05) is 6.16 Å². The Morgan fingerprint density at radius 2 is 1.30 bits per heavy atom. The molecular formula is C24H40O2P+. The van der Waals surface area contributed by atoms with E-state index in [1.54, 1.807) is 0 Å². The quantitative estimate of drug-likeness (QED) is 0.265. The highest BCUT2D eigenvalue weighted by atomic mass is 31.1. The number of unbranched alkanes of at least 4 members (excludes halogenated alkanes) is 5. The lowest BCUT2D eigenvalue weighted by atomic mass is 9.85. The number of carbonyl (C=O) groups is 1. The van der Waals surface area contributed by atoms with Crippen molar-refractivity contribution in [2.45, 2.75) is 105 Å². The second-order valence-electron chi connectivity index (χ2n) is 8.71. The highest BCUT2D eigenvalue weighted by Crippen LogP contribution is 2.38. The molecule has 0 aliphatic heterocycles. The van der Waals surface area contributed by atoms with Gasteiger partial charge in [0.1, 0.15) is 0 Å². The van der Waals surface area contributed by atoms with Gasteiger partial charge in [-0.3, -0.25) is 0 Å².